The molecule has 1 fully saturated rings. The fourth-order valence-corrected chi connectivity index (χ4v) is 4.24. The van der Waals surface area contributed by atoms with Crippen molar-refractivity contribution in [1.82, 2.24) is 10.2 Å². The van der Waals surface area contributed by atoms with Gasteiger partial charge in [-0.05, 0) is 54.6 Å². The molecule has 34 heavy (non-hydrogen) atoms. The predicted octanol–water partition coefficient (Wildman–Crippen LogP) is 3.60. The molecule has 1 atom stereocenters. The zero-order valence-corrected chi connectivity index (χ0v) is 19.8. The summed E-state index contributed by atoms with van der Waals surface area (Å²) < 4.78 is 21.6. The number of ether oxygens (including phenoxy) is 3. The van der Waals surface area contributed by atoms with E-state index < -0.39 is 0 Å². The first-order valence-electron chi connectivity index (χ1n) is 11.3. The summed E-state index contributed by atoms with van der Waals surface area (Å²) in [5.41, 5.74) is 1.69. The number of hydrogen-bond donors (Lipinski definition) is 1. The zero-order chi connectivity index (χ0) is 23.9. The summed E-state index contributed by atoms with van der Waals surface area (Å²) in [6.07, 6.45) is 1.67. The van der Waals surface area contributed by atoms with Gasteiger partial charge >= 0.3 is 0 Å². The lowest BCUT2D eigenvalue weighted by molar-refractivity contribution is 0.0922. The van der Waals surface area contributed by atoms with E-state index in [1.54, 1.807) is 45.8 Å². The largest absolute Gasteiger partial charge is 0.497 e. The van der Waals surface area contributed by atoms with Crippen molar-refractivity contribution in [3.8, 4) is 17.2 Å². The second-order valence-corrected chi connectivity index (χ2v) is 8.03. The molecule has 8 heteroatoms. The molecule has 1 aliphatic rings. The van der Waals surface area contributed by atoms with Gasteiger partial charge in [-0.15, -0.1) is 0 Å². The van der Waals surface area contributed by atoms with Crippen LogP contribution in [0.25, 0.3) is 0 Å². The minimum absolute atomic E-state index is 0.0582. The monoisotopic (exact) mass is 465 g/mol. The van der Waals surface area contributed by atoms with E-state index in [0.29, 0.717) is 23.6 Å². The van der Waals surface area contributed by atoms with Crippen molar-refractivity contribution in [2.45, 2.75) is 6.04 Å². The Morgan fingerprint density at radius 2 is 1.68 bits per heavy atom. The van der Waals surface area contributed by atoms with Crippen LogP contribution in [0.3, 0.4) is 0 Å². The normalized spacial score (nSPS) is 15.0. The quantitative estimate of drug-likeness (QED) is 0.517. The van der Waals surface area contributed by atoms with Crippen molar-refractivity contribution in [3.05, 3.63) is 72.2 Å². The maximum atomic E-state index is 12.9. The number of benzene rings is 2. The molecule has 2 heterocycles. The number of piperazine rings is 1. The van der Waals surface area contributed by atoms with Gasteiger partial charge in [-0.1, -0.05) is 0 Å². The van der Waals surface area contributed by atoms with Crippen LogP contribution in [0.5, 0.6) is 17.2 Å². The number of nitrogens with one attached hydrogen (secondary N) is 1. The van der Waals surface area contributed by atoms with Crippen LogP contribution in [0.1, 0.15) is 22.2 Å². The molecular weight excluding hydrogens is 434 g/mol. The Kier molecular flexibility index (Phi) is 7.59. The molecule has 8 nitrogen and oxygen atoms in total. The van der Waals surface area contributed by atoms with Gasteiger partial charge in [0.2, 0.25) is 0 Å². The van der Waals surface area contributed by atoms with Crippen LogP contribution >= 0.6 is 0 Å². The molecule has 180 valence electrons. The molecule has 1 N–H and O–H groups in total. The number of hydrogen-bond acceptors (Lipinski definition) is 7. The van der Waals surface area contributed by atoms with Gasteiger partial charge in [0.05, 0.1) is 33.6 Å². The number of amides is 1. The van der Waals surface area contributed by atoms with Crippen molar-refractivity contribution in [2.75, 3.05) is 59.0 Å². The smallest absolute Gasteiger partial charge is 0.251 e. The highest BCUT2D eigenvalue weighted by molar-refractivity contribution is 5.94. The fraction of sp³-hybridized carbons (Fsp3) is 0.346. The fourth-order valence-electron chi connectivity index (χ4n) is 4.24. The maximum Gasteiger partial charge on any atom is 0.251 e. The Morgan fingerprint density at radius 1 is 0.941 bits per heavy atom. The van der Waals surface area contributed by atoms with Crippen LogP contribution in [-0.2, 0) is 0 Å². The number of furan rings is 1. The Labute approximate surface area is 200 Å². The number of carbonyl (C=O) groups is 1. The van der Waals surface area contributed by atoms with E-state index in [1.165, 1.54) is 5.69 Å². The Bertz CT molecular complexity index is 1060. The lowest BCUT2D eigenvalue weighted by atomic mass is 10.1. The van der Waals surface area contributed by atoms with Crippen molar-refractivity contribution in [3.63, 3.8) is 0 Å². The van der Waals surface area contributed by atoms with Crippen LogP contribution < -0.4 is 24.4 Å². The molecule has 0 radical (unpaired) electrons. The molecule has 0 aliphatic carbocycles. The van der Waals surface area contributed by atoms with Crippen LogP contribution in [-0.4, -0.2) is 64.9 Å². The predicted molar refractivity (Wildman–Crippen MR) is 130 cm³/mol. The SMILES string of the molecule is COc1ccc(N2CCN(C(CNC(=O)c3ccc(OC)c(OC)c3)c3ccco3)CC2)cc1. The van der Waals surface area contributed by atoms with E-state index in [9.17, 15) is 4.79 Å². The Hall–Kier alpha value is -3.65. The summed E-state index contributed by atoms with van der Waals surface area (Å²) in [6, 6.07) is 17.1. The topological polar surface area (TPSA) is 76.4 Å². The van der Waals surface area contributed by atoms with Gasteiger partial charge in [0.25, 0.3) is 5.91 Å². The summed E-state index contributed by atoms with van der Waals surface area (Å²) in [4.78, 5) is 17.6. The maximum absolute atomic E-state index is 12.9. The average Bonchev–Trinajstić information content (AvgIpc) is 3.43. The lowest BCUT2D eigenvalue weighted by Gasteiger charge is -2.39. The van der Waals surface area contributed by atoms with Crippen molar-refractivity contribution in [1.29, 1.82) is 0 Å². The van der Waals surface area contributed by atoms with Crippen LogP contribution in [0, 0.1) is 0 Å². The molecule has 1 unspecified atom stereocenters. The number of anilines is 1. The van der Waals surface area contributed by atoms with Crippen LogP contribution in [0.2, 0.25) is 0 Å². The van der Waals surface area contributed by atoms with Gasteiger partial charge in [-0.25, -0.2) is 0 Å². The highest BCUT2D eigenvalue weighted by Crippen LogP contribution is 2.28. The summed E-state index contributed by atoms with van der Waals surface area (Å²) in [6.45, 7) is 3.90. The molecule has 1 amide bonds. The number of carbonyl (C=O) groups excluding carboxylic acids is 1. The molecule has 2 aromatic carbocycles. The third-order valence-electron chi connectivity index (χ3n) is 6.17. The summed E-state index contributed by atoms with van der Waals surface area (Å²) in [5, 5.41) is 3.06. The van der Waals surface area contributed by atoms with Gasteiger partial charge in [0, 0.05) is 44.0 Å². The summed E-state index contributed by atoms with van der Waals surface area (Å²) in [7, 11) is 4.80. The Balaban J connectivity index is 1.40. The van der Waals surface area contributed by atoms with Crippen molar-refractivity contribution >= 4 is 11.6 Å². The molecule has 1 aromatic heterocycles. The van der Waals surface area contributed by atoms with Gasteiger partial charge in [0.15, 0.2) is 11.5 Å². The van der Waals surface area contributed by atoms with Gasteiger partial charge < -0.3 is 28.8 Å². The molecule has 4 rings (SSSR count). The van der Waals surface area contributed by atoms with E-state index in [-0.39, 0.29) is 11.9 Å². The number of rotatable bonds is 9. The first kappa shape index (κ1) is 23.5. The minimum Gasteiger partial charge on any atom is -0.497 e. The third kappa shape index (κ3) is 5.28. The van der Waals surface area contributed by atoms with E-state index >= 15 is 0 Å². The molecule has 0 spiro atoms. The third-order valence-corrected chi connectivity index (χ3v) is 6.17. The van der Waals surface area contributed by atoms with E-state index in [4.69, 9.17) is 18.6 Å². The molecule has 3 aromatic rings. The van der Waals surface area contributed by atoms with Crippen LogP contribution in [0.4, 0.5) is 5.69 Å². The second-order valence-electron chi connectivity index (χ2n) is 8.03. The van der Waals surface area contributed by atoms with Gasteiger partial charge in [-0.3, -0.25) is 9.69 Å². The summed E-state index contributed by atoms with van der Waals surface area (Å²) >= 11 is 0. The standard InChI is InChI=1S/C26H31N3O5/c1-31-21-9-7-20(8-10-21)28-12-14-29(15-13-28)22(23-5-4-16-34-23)18-27-26(30)19-6-11-24(32-2)25(17-19)33-3/h4-11,16-17,22H,12-15,18H2,1-3H3,(H,27,30). The first-order chi connectivity index (χ1) is 16.6. The summed E-state index contributed by atoms with van der Waals surface area (Å²) in [5.74, 6) is 2.63. The average molecular weight is 466 g/mol. The number of nitrogens with zero attached hydrogens (tertiary/aromatic N) is 2. The Morgan fingerprint density at radius 3 is 2.29 bits per heavy atom. The van der Waals surface area contributed by atoms with E-state index in [1.807, 2.05) is 24.3 Å². The molecular formula is C26H31N3O5. The lowest BCUT2D eigenvalue weighted by Crippen LogP contribution is -2.49. The second kappa shape index (κ2) is 11.0. The highest BCUT2D eigenvalue weighted by Gasteiger charge is 2.27. The van der Waals surface area contributed by atoms with Crippen molar-refractivity contribution < 1.29 is 23.4 Å². The van der Waals surface area contributed by atoms with Gasteiger partial charge in [0.1, 0.15) is 11.5 Å². The molecule has 0 saturated carbocycles. The highest BCUT2D eigenvalue weighted by atomic mass is 16.5. The van der Waals surface area contributed by atoms with Crippen molar-refractivity contribution in [2.24, 2.45) is 0 Å². The van der Waals surface area contributed by atoms with Gasteiger partial charge in [-0.2, -0.15) is 0 Å². The van der Waals surface area contributed by atoms with E-state index in [0.717, 1.165) is 37.7 Å². The zero-order valence-electron chi connectivity index (χ0n) is 19.8. The molecule has 1 aliphatic heterocycles. The van der Waals surface area contributed by atoms with Crippen LogP contribution in [0.15, 0.2) is 65.3 Å². The molecule has 1 saturated heterocycles. The molecule has 0 bridgehead atoms. The van der Waals surface area contributed by atoms with E-state index in [2.05, 4.69) is 27.2 Å². The first-order valence-corrected chi connectivity index (χ1v) is 11.3. The minimum atomic E-state index is -0.172. The number of methoxy groups -OCH3 is 3.